The number of nitro groups is 1. The van der Waals surface area contributed by atoms with Crippen molar-refractivity contribution in [1.29, 1.82) is 0 Å². The molecular weight excluding hydrogens is 278 g/mol. The molecule has 0 aliphatic carbocycles. The van der Waals surface area contributed by atoms with E-state index in [9.17, 15) is 10.1 Å². The number of aromatic nitrogens is 2. The summed E-state index contributed by atoms with van der Waals surface area (Å²) >= 11 is 6.11. The molecule has 0 saturated heterocycles. The number of non-ortho nitro benzene ring substituents is 1. The van der Waals surface area contributed by atoms with Crippen molar-refractivity contribution in [2.45, 2.75) is 33.7 Å². The van der Waals surface area contributed by atoms with E-state index in [1.807, 2.05) is 18.5 Å². The Morgan fingerprint density at radius 1 is 1.40 bits per heavy atom. The van der Waals surface area contributed by atoms with Gasteiger partial charge < -0.3 is 0 Å². The van der Waals surface area contributed by atoms with Crippen LogP contribution in [0.2, 0.25) is 5.02 Å². The van der Waals surface area contributed by atoms with Crippen LogP contribution < -0.4 is 0 Å². The molecule has 1 aromatic heterocycles. The molecule has 0 spiro atoms. The first-order valence-electron chi connectivity index (χ1n) is 6.39. The Bertz CT molecular complexity index is 665. The standard InChI is InChI=1S/C14H16ClN3O2/c1-4-13-9(2)16-17(10(13)3)8-11-5-6-12(18(19)20)7-14(11)15/h5-7H,4,8H2,1-3H3. The lowest BCUT2D eigenvalue weighted by molar-refractivity contribution is -0.384. The SMILES string of the molecule is CCc1c(C)nn(Cc2ccc([N+](=O)[O-])cc2Cl)c1C. The van der Waals surface area contributed by atoms with Crippen molar-refractivity contribution in [2.24, 2.45) is 0 Å². The fraction of sp³-hybridized carbons (Fsp3) is 0.357. The van der Waals surface area contributed by atoms with Gasteiger partial charge in [-0.15, -0.1) is 0 Å². The number of hydrogen-bond donors (Lipinski definition) is 0. The summed E-state index contributed by atoms with van der Waals surface area (Å²) in [7, 11) is 0. The van der Waals surface area contributed by atoms with E-state index in [1.165, 1.54) is 17.7 Å². The van der Waals surface area contributed by atoms with Crippen LogP contribution in [0.25, 0.3) is 0 Å². The largest absolute Gasteiger partial charge is 0.270 e. The van der Waals surface area contributed by atoms with E-state index in [2.05, 4.69) is 12.0 Å². The van der Waals surface area contributed by atoms with Gasteiger partial charge in [0.05, 0.1) is 22.2 Å². The lowest BCUT2D eigenvalue weighted by Gasteiger charge is -2.07. The van der Waals surface area contributed by atoms with E-state index < -0.39 is 4.92 Å². The fourth-order valence-electron chi connectivity index (χ4n) is 2.34. The highest BCUT2D eigenvalue weighted by atomic mass is 35.5. The molecule has 2 aromatic rings. The minimum Gasteiger partial charge on any atom is -0.265 e. The second-order valence-electron chi connectivity index (χ2n) is 4.69. The summed E-state index contributed by atoms with van der Waals surface area (Å²) in [5, 5.41) is 15.6. The van der Waals surface area contributed by atoms with Crippen LogP contribution in [-0.4, -0.2) is 14.7 Å². The fourth-order valence-corrected chi connectivity index (χ4v) is 2.57. The van der Waals surface area contributed by atoms with Crippen LogP contribution in [0.1, 0.15) is 29.4 Å². The van der Waals surface area contributed by atoms with Gasteiger partial charge in [0.15, 0.2) is 0 Å². The molecule has 0 radical (unpaired) electrons. The van der Waals surface area contributed by atoms with Crippen molar-refractivity contribution >= 4 is 17.3 Å². The zero-order valence-corrected chi connectivity index (χ0v) is 12.4. The molecule has 0 saturated carbocycles. The monoisotopic (exact) mass is 293 g/mol. The van der Waals surface area contributed by atoms with Crippen molar-refractivity contribution in [2.75, 3.05) is 0 Å². The first-order chi connectivity index (χ1) is 9.43. The highest BCUT2D eigenvalue weighted by Crippen LogP contribution is 2.24. The second kappa shape index (κ2) is 5.63. The average Bonchev–Trinajstić information content (AvgIpc) is 2.66. The molecule has 0 unspecified atom stereocenters. The molecule has 2 rings (SSSR count). The maximum Gasteiger partial charge on any atom is 0.270 e. The van der Waals surface area contributed by atoms with Gasteiger partial charge in [0.1, 0.15) is 0 Å². The van der Waals surface area contributed by atoms with E-state index in [-0.39, 0.29) is 5.69 Å². The molecule has 1 heterocycles. The molecule has 5 nitrogen and oxygen atoms in total. The summed E-state index contributed by atoms with van der Waals surface area (Å²) in [6, 6.07) is 4.53. The number of rotatable bonds is 4. The van der Waals surface area contributed by atoms with Gasteiger partial charge in [-0.1, -0.05) is 18.5 Å². The van der Waals surface area contributed by atoms with Gasteiger partial charge in [-0.3, -0.25) is 14.8 Å². The molecule has 0 fully saturated rings. The van der Waals surface area contributed by atoms with Crippen molar-refractivity contribution in [3.63, 3.8) is 0 Å². The molecule has 0 amide bonds. The number of aryl methyl sites for hydroxylation is 1. The first-order valence-corrected chi connectivity index (χ1v) is 6.77. The molecule has 20 heavy (non-hydrogen) atoms. The Hall–Kier alpha value is -1.88. The number of benzene rings is 1. The molecule has 0 aliphatic heterocycles. The number of hydrogen-bond acceptors (Lipinski definition) is 3. The van der Waals surface area contributed by atoms with Crippen LogP contribution in [0, 0.1) is 24.0 Å². The Morgan fingerprint density at radius 3 is 2.60 bits per heavy atom. The first kappa shape index (κ1) is 14.5. The smallest absolute Gasteiger partial charge is 0.265 e. The Labute approximate surface area is 122 Å². The number of halogens is 1. The van der Waals surface area contributed by atoms with Gasteiger partial charge in [-0.05, 0) is 37.5 Å². The van der Waals surface area contributed by atoms with Crippen molar-refractivity contribution in [1.82, 2.24) is 9.78 Å². The van der Waals surface area contributed by atoms with Gasteiger partial charge in [0.25, 0.3) is 5.69 Å². The lowest BCUT2D eigenvalue weighted by atomic mass is 10.1. The normalized spacial score (nSPS) is 10.8. The van der Waals surface area contributed by atoms with Crippen molar-refractivity contribution < 1.29 is 4.92 Å². The summed E-state index contributed by atoms with van der Waals surface area (Å²) in [5.41, 5.74) is 4.19. The Balaban J connectivity index is 2.33. The van der Waals surface area contributed by atoms with Crippen LogP contribution >= 0.6 is 11.6 Å². The third kappa shape index (κ3) is 2.67. The van der Waals surface area contributed by atoms with Crippen LogP contribution in [-0.2, 0) is 13.0 Å². The maximum absolute atomic E-state index is 10.7. The van der Waals surface area contributed by atoms with Crippen LogP contribution in [0.4, 0.5) is 5.69 Å². The second-order valence-corrected chi connectivity index (χ2v) is 5.10. The van der Waals surface area contributed by atoms with Crippen molar-refractivity contribution in [3.05, 3.63) is 55.9 Å². The Kier molecular flexibility index (Phi) is 4.09. The quantitative estimate of drug-likeness (QED) is 0.638. The van der Waals surface area contributed by atoms with Gasteiger partial charge in [-0.25, -0.2) is 0 Å². The van der Waals surface area contributed by atoms with E-state index in [0.29, 0.717) is 11.6 Å². The molecule has 0 aliphatic rings. The van der Waals surface area contributed by atoms with E-state index in [0.717, 1.165) is 23.4 Å². The van der Waals surface area contributed by atoms with Gasteiger partial charge >= 0.3 is 0 Å². The van der Waals surface area contributed by atoms with E-state index in [4.69, 9.17) is 11.6 Å². The summed E-state index contributed by atoms with van der Waals surface area (Å²) < 4.78 is 1.89. The summed E-state index contributed by atoms with van der Waals surface area (Å²) in [5.74, 6) is 0. The molecule has 1 aromatic carbocycles. The van der Waals surface area contributed by atoms with Crippen LogP contribution in [0.15, 0.2) is 18.2 Å². The van der Waals surface area contributed by atoms with E-state index >= 15 is 0 Å². The zero-order chi connectivity index (χ0) is 14.9. The molecule has 0 bridgehead atoms. The third-order valence-electron chi connectivity index (χ3n) is 3.45. The van der Waals surface area contributed by atoms with Crippen LogP contribution in [0.5, 0.6) is 0 Å². The van der Waals surface area contributed by atoms with Gasteiger partial charge in [0.2, 0.25) is 0 Å². The highest BCUT2D eigenvalue weighted by Gasteiger charge is 2.13. The van der Waals surface area contributed by atoms with Gasteiger partial charge in [-0.2, -0.15) is 5.10 Å². The Morgan fingerprint density at radius 2 is 2.10 bits per heavy atom. The zero-order valence-electron chi connectivity index (χ0n) is 11.7. The van der Waals surface area contributed by atoms with E-state index in [1.54, 1.807) is 6.07 Å². The predicted molar refractivity (Wildman–Crippen MR) is 78.3 cm³/mol. The molecule has 0 atom stereocenters. The van der Waals surface area contributed by atoms with Gasteiger partial charge in [0, 0.05) is 17.8 Å². The average molecular weight is 294 g/mol. The summed E-state index contributed by atoms with van der Waals surface area (Å²) in [6.45, 7) is 6.63. The summed E-state index contributed by atoms with van der Waals surface area (Å²) in [4.78, 5) is 10.2. The maximum atomic E-state index is 10.7. The van der Waals surface area contributed by atoms with Crippen molar-refractivity contribution in [3.8, 4) is 0 Å². The minimum absolute atomic E-state index is 0.00126. The molecule has 6 heteroatoms. The van der Waals surface area contributed by atoms with Crippen LogP contribution in [0.3, 0.4) is 0 Å². The highest BCUT2D eigenvalue weighted by molar-refractivity contribution is 6.31. The number of nitrogens with zero attached hydrogens (tertiary/aromatic N) is 3. The third-order valence-corrected chi connectivity index (χ3v) is 3.80. The lowest BCUT2D eigenvalue weighted by Crippen LogP contribution is -2.05. The topological polar surface area (TPSA) is 61.0 Å². The number of nitro benzene ring substituents is 1. The minimum atomic E-state index is -0.450. The molecule has 106 valence electrons. The molecular formula is C14H16ClN3O2. The molecule has 0 N–H and O–H groups in total. The predicted octanol–water partition coefficient (Wildman–Crippen LogP) is 3.67. The summed E-state index contributed by atoms with van der Waals surface area (Å²) in [6.07, 6.45) is 0.936.